The summed E-state index contributed by atoms with van der Waals surface area (Å²) in [6.07, 6.45) is 3.73. The van der Waals surface area contributed by atoms with Crippen molar-refractivity contribution in [3.05, 3.63) is 50.3 Å². The Bertz CT molecular complexity index is 568. The summed E-state index contributed by atoms with van der Waals surface area (Å²) in [4.78, 5) is 8.16. The van der Waals surface area contributed by atoms with Gasteiger partial charge < -0.3 is 0 Å². The third-order valence-corrected chi connectivity index (χ3v) is 7.95. The van der Waals surface area contributed by atoms with Crippen molar-refractivity contribution < 1.29 is 0 Å². The molecule has 2 aromatic rings. The second-order valence-corrected chi connectivity index (χ2v) is 34.7. The third kappa shape index (κ3) is 15.4. The van der Waals surface area contributed by atoms with Crippen molar-refractivity contribution in [1.29, 1.82) is 0 Å². The van der Waals surface area contributed by atoms with Gasteiger partial charge >= 0.3 is 118 Å². The molecule has 0 aliphatic heterocycles. The van der Waals surface area contributed by atoms with Gasteiger partial charge in [-0.05, 0) is 44.0 Å². The minimum atomic E-state index is -1.61. The molecule has 0 fully saturated rings. The van der Waals surface area contributed by atoms with Gasteiger partial charge in [-0.15, -0.1) is 0 Å². The molecular weight excluding hydrogens is 641 g/mol. The molecule has 0 saturated heterocycles. The molecule has 0 saturated carbocycles. The van der Waals surface area contributed by atoms with Crippen LogP contribution in [0.5, 0.6) is 0 Å². The number of hydrogen-bond acceptors (Lipinski definition) is 2. The first-order chi connectivity index (χ1) is 10.8. The average molecular weight is 665 g/mol. The normalized spacial score (nSPS) is 10.9. The van der Waals surface area contributed by atoms with Crippen molar-refractivity contribution in [2.45, 2.75) is 34.5 Å². The molecule has 0 aliphatic rings. The first kappa shape index (κ1) is 25.1. The fourth-order valence-electron chi connectivity index (χ4n) is 1.18. The van der Waals surface area contributed by atoms with Crippen LogP contribution in [-0.4, -0.2) is 35.6 Å². The molecule has 24 heavy (non-hydrogen) atoms. The van der Waals surface area contributed by atoms with E-state index in [0.29, 0.717) is 0 Å². The molecule has 0 aromatic carbocycles. The first-order valence-electron chi connectivity index (χ1n) is 7.37. The maximum atomic E-state index is 5.72. The Morgan fingerprint density at radius 1 is 0.750 bits per heavy atom. The van der Waals surface area contributed by atoms with Gasteiger partial charge in [-0.1, -0.05) is 0 Å². The van der Waals surface area contributed by atoms with E-state index in [1.807, 2.05) is 24.4 Å². The third-order valence-electron chi connectivity index (χ3n) is 2.28. The van der Waals surface area contributed by atoms with Crippen molar-refractivity contribution in [3.63, 3.8) is 0 Å². The van der Waals surface area contributed by atoms with Crippen LogP contribution in [0.4, 0.5) is 0 Å². The summed E-state index contributed by atoms with van der Waals surface area (Å²) in [5.41, 5.74) is 0. The van der Waals surface area contributed by atoms with E-state index >= 15 is 0 Å². The van der Waals surface area contributed by atoms with E-state index in [9.17, 15) is 0 Å². The summed E-state index contributed by atoms with van der Waals surface area (Å²) in [5, 5.41) is 0. The van der Waals surface area contributed by atoms with Gasteiger partial charge in [0.15, 0.2) is 0 Å². The van der Waals surface area contributed by atoms with E-state index in [1.54, 1.807) is 6.20 Å². The van der Waals surface area contributed by atoms with Crippen LogP contribution in [0.15, 0.2) is 50.3 Å². The van der Waals surface area contributed by atoms with E-state index in [4.69, 9.17) is 10.0 Å². The standard InChI is InChI=1S/C8H12BrGeN.C5H3Br2N.C3H9ClGe/c1-10(2,3)7-4-5-8(9)11-6-7;6-4-1-2-5(7)8-3-4;1-5(2,3)4/h4-6H,1-3H3;1-3H;1-3H3. The Kier molecular flexibility index (Phi) is 12.3. The number of rotatable bonds is 1. The molecule has 2 rings (SSSR count). The van der Waals surface area contributed by atoms with E-state index in [2.05, 4.69) is 98.4 Å². The molecule has 0 N–H and O–H groups in total. The fourth-order valence-corrected chi connectivity index (χ4v) is 4.05. The van der Waals surface area contributed by atoms with Crippen LogP contribution in [0, 0.1) is 0 Å². The molecule has 0 bridgehead atoms. The van der Waals surface area contributed by atoms with Crippen molar-refractivity contribution >= 4 is 87.8 Å². The van der Waals surface area contributed by atoms with Crippen LogP contribution in [0.1, 0.15) is 0 Å². The second-order valence-electron chi connectivity index (χ2n) is 6.99. The zero-order valence-electron chi connectivity index (χ0n) is 14.9. The predicted octanol–water partition coefficient (Wildman–Crippen LogP) is 7.06. The Morgan fingerprint density at radius 2 is 1.17 bits per heavy atom. The average Bonchev–Trinajstić information content (AvgIpc) is 2.40. The molecule has 0 amide bonds. The molecule has 0 radical (unpaired) electrons. The summed E-state index contributed by atoms with van der Waals surface area (Å²) < 4.78 is 4.24. The number of hydrogen-bond donors (Lipinski definition) is 0. The summed E-state index contributed by atoms with van der Waals surface area (Å²) in [7, 11) is 5.72. The van der Waals surface area contributed by atoms with Crippen molar-refractivity contribution in [3.8, 4) is 0 Å². The van der Waals surface area contributed by atoms with Gasteiger partial charge in [-0.3, -0.25) is 0 Å². The van der Waals surface area contributed by atoms with Crippen LogP contribution < -0.4 is 4.40 Å². The summed E-state index contributed by atoms with van der Waals surface area (Å²) in [6, 6.07) is 8.00. The van der Waals surface area contributed by atoms with Crippen molar-refractivity contribution in [2.75, 3.05) is 0 Å². The second kappa shape index (κ2) is 11.8. The van der Waals surface area contributed by atoms with E-state index in [1.165, 1.54) is 4.40 Å². The SMILES string of the molecule is Brc1ccc(Br)nc1.[CH3][Ge]([CH3])([CH3])[Cl].[CH3][Ge]([CH3])([CH3])[c]1ccc(Br)nc1. The number of halogens is 4. The summed E-state index contributed by atoms with van der Waals surface area (Å²) >= 11 is 6.66. The van der Waals surface area contributed by atoms with Gasteiger partial charge in [0.2, 0.25) is 0 Å². The predicted molar refractivity (Wildman–Crippen MR) is 124 cm³/mol. The Hall–Kier alpha value is 1.12. The van der Waals surface area contributed by atoms with Crippen LogP contribution in [0.3, 0.4) is 0 Å². The zero-order chi connectivity index (χ0) is 19.0. The number of aromatic nitrogens is 2. The van der Waals surface area contributed by atoms with Gasteiger partial charge in [0.1, 0.15) is 4.60 Å². The van der Waals surface area contributed by atoms with Gasteiger partial charge in [0, 0.05) is 10.7 Å². The van der Waals surface area contributed by atoms with Gasteiger partial charge in [0.25, 0.3) is 0 Å². The molecule has 2 nitrogen and oxygen atoms in total. The fraction of sp³-hybridized carbons (Fsp3) is 0.375. The molecule has 0 atom stereocenters. The van der Waals surface area contributed by atoms with E-state index < -0.39 is 25.6 Å². The first-order valence-corrected chi connectivity index (χ1v) is 26.1. The van der Waals surface area contributed by atoms with Crippen LogP contribution >= 0.6 is 57.8 Å². The van der Waals surface area contributed by atoms with Crippen LogP contribution in [0.2, 0.25) is 34.5 Å². The van der Waals surface area contributed by atoms with Crippen molar-refractivity contribution in [1.82, 2.24) is 9.97 Å². The molecule has 2 heterocycles. The number of pyridine rings is 2. The van der Waals surface area contributed by atoms with Crippen molar-refractivity contribution in [2.24, 2.45) is 0 Å². The number of nitrogens with zero attached hydrogens (tertiary/aromatic N) is 2. The molecular formula is C16H24Br3ClGe2N2. The van der Waals surface area contributed by atoms with Crippen LogP contribution in [0.25, 0.3) is 0 Å². The monoisotopic (exact) mass is 664 g/mol. The Balaban J connectivity index is 0.000000358. The van der Waals surface area contributed by atoms with Gasteiger partial charge in [0.05, 0.1) is 0 Å². The maximum absolute atomic E-state index is 5.72. The summed E-state index contributed by atoms with van der Waals surface area (Å²) in [5.74, 6) is 13.5. The van der Waals surface area contributed by atoms with Gasteiger partial charge in [-0.2, -0.15) is 0 Å². The Morgan fingerprint density at radius 3 is 1.42 bits per heavy atom. The van der Waals surface area contributed by atoms with Crippen LogP contribution in [-0.2, 0) is 0 Å². The minimum absolute atomic E-state index is 0.862. The van der Waals surface area contributed by atoms with E-state index in [-0.39, 0.29) is 0 Å². The Labute approximate surface area is 180 Å². The molecule has 8 heteroatoms. The zero-order valence-corrected chi connectivity index (χ0v) is 24.6. The van der Waals surface area contributed by atoms with E-state index in [0.717, 1.165) is 13.7 Å². The molecule has 0 spiro atoms. The summed E-state index contributed by atoms with van der Waals surface area (Å²) in [6.45, 7) is 0. The molecule has 134 valence electrons. The molecule has 0 aliphatic carbocycles. The molecule has 2 aromatic heterocycles. The quantitative estimate of drug-likeness (QED) is 0.241. The van der Waals surface area contributed by atoms with Gasteiger partial charge in [-0.25, -0.2) is 4.98 Å². The topological polar surface area (TPSA) is 25.8 Å². The molecule has 0 unspecified atom stereocenters.